The fourth-order valence-electron chi connectivity index (χ4n) is 1.13. The molecular weight excluding hydrogens is 191 g/mol. The van der Waals surface area contributed by atoms with E-state index >= 15 is 0 Å². The van der Waals surface area contributed by atoms with Crippen LogP contribution in [0.25, 0.3) is 6.08 Å². The Morgan fingerprint density at radius 2 is 2.00 bits per heavy atom. The standard InChI is InChI=1S/C10H10Cl2/c1-2-8-4-3-5-9(6-11)10(8)7-12/h2-5H,1,6-7H2. The van der Waals surface area contributed by atoms with Crippen LogP contribution in [0.2, 0.25) is 0 Å². The summed E-state index contributed by atoms with van der Waals surface area (Å²) in [5, 5.41) is 0. The maximum Gasteiger partial charge on any atom is 0.0483 e. The van der Waals surface area contributed by atoms with E-state index in [-0.39, 0.29) is 0 Å². The van der Waals surface area contributed by atoms with Crippen molar-refractivity contribution < 1.29 is 0 Å². The highest BCUT2D eigenvalue weighted by molar-refractivity contribution is 6.19. The second kappa shape index (κ2) is 4.54. The summed E-state index contributed by atoms with van der Waals surface area (Å²) < 4.78 is 0. The number of alkyl halides is 2. The van der Waals surface area contributed by atoms with Crippen LogP contribution in [-0.2, 0) is 11.8 Å². The minimum absolute atomic E-state index is 0.490. The van der Waals surface area contributed by atoms with Crippen LogP contribution in [0.5, 0.6) is 0 Å². The summed E-state index contributed by atoms with van der Waals surface area (Å²) >= 11 is 11.5. The van der Waals surface area contributed by atoms with Gasteiger partial charge in [-0.15, -0.1) is 23.2 Å². The highest BCUT2D eigenvalue weighted by Gasteiger charge is 2.02. The average Bonchev–Trinajstić information content (AvgIpc) is 2.16. The second-order valence-corrected chi connectivity index (χ2v) is 2.99. The highest BCUT2D eigenvalue weighted by atomic mass is 35.5. The van der Waals surface area contributed by atoms with Crippen molar-refractivity contribution in [2.45, 2.75) is 11.8 Å². The van der Waals surface area contributed by atoms with Crippen molar-refractivity contribution in [1.82, 2.24) is 0 Å². The van der Waals surface area contributed by atoms with Crippen LogP contribution < -0.4 is 0 Å². The van der Waals surface area contributed by atoms with Gasteiger partial charge in [-0.2, -0.15) is 0 Å². The molecule has 0 amide bonds. The van der Waals surface area contributed by atoms with E-state index in [0.29, 0.717) is 11.8 Å². The number of benzene rings is 1. The Morgan fingerprint density at radius 3 is 2.50 bits per heavy atom. The van der Waals surface area contributed by atoms with Gasteiger partial charge in [0.2, 0.25) is 0 Å². The molecule has 64 valence electrons. The number of halogens is 2. The van der Waals surface area contributed by atoms with E-state index in [4.69, 9.17) is 23.2 Å². The van der Waals surface area contributed by atoms with Gasteiger partial charge in [0.05, 0.1) is 0 Å². The fourth-order valence-corrected chi connectivity index (χ4v) is 1.71. The van der Waals surface area contributed by atoms with Crippen molar-refractivity contribution in [2.75, 3.05) is 0 Å². The number of hydrogen-bond acceptors (Lipinski definition) is 0. The first-order valence-electron chi connectivity index (χ1n) is 3.68. The zero-order valence-corrected chi connectivity index (χ0v) is 8.20. The molecule has 1 rings (SSSR count). The second-order valence-electron chi connectivity index (χ2n) is 2.46. The van der Waals surface area contributed by atoms with E-state index in [0.717, 1.165) is 16.7 Å². The Hall–Kier alpha value is -0.460. The van der Waals surface area contributed by atoms with Gasteiger partial charge in [-0.3, -0.25) is 0 Å². The van der Waals surface area contributed by atoms with Crippen molar-refractivity contribution in [3.05, 3.63) is 41.5 Å². The average molecular weight is 201 g/mol. The summed E-state index contributed by atoms with van der Waals surface area (Å²) in [5.74, 6) is 0.994. The Balaban J connectivity index is 3.21. The molecule has 1 aromatic rings. The van der Waals surface area contributed by atoms with Gasteiger partial charge in [0.1, 0.15) is 0 Å². The molecule has 0 atom stereocenters. The van der Waals surface area contributed by atoms with Crippen LogP contribution in [0.4, 0.5) is 0 Å². The van der Waals surface area contributed by atoms with Crippen molar-refractivity contribution >= 4 is 29.3 Å². The topological polar surface area (TPSA) is 0 Å². The molecule has 0 saturated carbocycles. The quantitative estimate of drug-likeness (QED) is 0.652. The van der Waals surface area contributed by atoms with E-state index in [1.54, 1.807) is 6.08 Å². The van der Waals surface area contributed by atoms with Crippen LogP contribution >= 0.6 is 23.2 Å². The van der Waals surface area contributed by atoms with Gasteiger partial charge in [-0.05, 0) is 16.7 Å². The lowest BCUT2D eigenvalue weighted by Crippen LogP contribution is -1.91. The van der Waals surface area contributed by atoms with Crippen molar-refractivity contribution in [2.24, 2.45) is 0 Å². The van der Waals surface area contributed by atoms with Crippen molar-refractivity contribution in [1.29, 1.82) is 0 Å². The van der Waals surface area contributed by atoms with Gasteiger partial charge in [0, 0.05) is 11.8 Å². The van der Waals surface area contributed by atoms with E-state index in [1.165, 1.54) is 0 Å². The van der Waals surface area contributed by atoms with Crippen LogP contribution in [0.1, 0.15) is 16.7 Å². The molecule has 0 spiro atoms. The van der Waals surface area contributed by atoms with Gasteiger partial charge >= 0.3 is 0 Å². The molecule has 0 N–H and O–H groups in total. The maximum atomic E-state index is 5.79. The van der Waals surface area contributed by atoms with Crippen molar-refractivity contribution in [3.8, 4) is 0 Å². The maximum absolute atomic E-state index is 5.79. The van der Waals surface area contributed by atoms with Gasteiger partial charge in [-0.1, -0.05) is 30.9 Å². The molecule has 0 radical (unpaired) electrons. The molecule has 0 aliphatic carbocycles. The van der Waals surface area contributed by atoms with E-state index in [9.17, 15) is 0 Å². The predicted octanol–water partition coefficient (Wildman–Crippen LogP) is 3.81. The molecular formula is C10H10Cl2. The highest BCUT2D eigenvalue weighted by Crippen LogP contribution is 2.19. The van der Waals surface area contributed by atoms with Gasteiger partial charge in [-0.25, -0.2) is 0 Å². The summed E-state index contributed by atoms with van der Waals surface area (Å²) in [6.45, 7) is 3.71. The summed E-state index contributed by atoms with van der Waals surface area (Å²) in [4.78, 5) is 0. The lowest BCUT2D eigenvalue weighted by molar-refractivity contribution is 1.26. The van der Waals surface area contributed by atoms with Gasteiger partial charge in [0.15, 0.2) is 0 Å². The first-order valence-corrected chi connectivity index (χ1v) is 4.75. The smallest absolute Gasteiger partial charge is 0.0483 e. The minimum Gasteiger partial charge on any atom is -0.122 e. The van der Waals surface area contributed by atoms with Crippen LogP contribution in [0.3, 0.4) is 0 Å². The molecule has 0 aromatic heterocycles. The lowest BCUT2D eigenvalue weighted by Gasteiger charge is -2.06. The molecule has 2 heteroatoms. The largest absolute Gasteiger partial charge is 0.122 e. The molecule has 0 aliphatic heterocycles. The fraction of sp³-hybridized carbons (Fsp3) is 0.200. The van der Waals surface area contributed by atoms with E-state index in [1.807, 2.05) is 18.2 Å². The van der Waals surface area contributed by atoms with E-state index in [2.05, 4.69) is 6.58 Å². The molecule has 0 bridgehead atoms. The van der Waals surface area contributed by atoms with Crippen LogP contribution in [-0.4, -0.2) is 0 Å². The molecule has 1 aromatic carbocycles. The first-order chi connectivity index (χ1) is 5.83. The third kappa shape index (κ3) is 1.82. The SMILES string of the molecule is C=Cc1cccc(CCl)c1CCl. The Labute approximate surface area is 82.8 Å². The zero-order valence-electron chi connectivity index (χ0n) is 6.69. The van der Waals surface area contributed by atoms with Crippen molar-refractivity contribution in [3.63, 3.8) is 0 Å². The summed E-state index contributed by atoms with van der Waals surface area (Å²) in [6.07, 6.45) is 1.80. The number of rotatable bonds is 3. The Kier molecular flexibility index (Phi) is 3.64. The monoisotopic (exact) mass is 200 g/mol. The summed E-state index contributed by atoms with van der Waals surface area (Å²) in [7, 11) is 0. The summed E-state index contributed by atoms with van der Waals surface area (Å²) in [5.41, 5.74) is 3.25. The normalized spacial score (nSPS) is 9.83. The molecule has 0 unspecified atom stereocenters. The minimum atomic E-state index is 0.490. The Bertz CT molecular complexity index is 279. The first kappa shape index (κ1) is 9.63. The number of hydrogen-bond donors (Lipinski definition) is 0. The molecule has 0 heterocycles. The van der Waals surface area contributed by atoms with Crippen LogP contribution in [0.15, 0.2) is 24.8 Å². The molecule has 0 fully saturated rings. The zero-order chi connectivity index (χ0) is 8.97. The third-order valence-electron chi connectivity index (χ3n) is 1.81. The van der Waals surface area contributed by atoms with Gasteiger partial charge < -0.3 is 0 Å². The Morgan fingerprint density at radius 1 is 1.25 bits per heavy atom. The summed E-state index contributed by atoms with van der Waals surface area (Å²) in [6, 6.07) is 5.93. The third-order valence-corrected chi connectivity index (χ3v) is 2.36. The van der Waals surface area contributed by atoms with E-state index < -0.39 is 0 Å². The predicted molar refractivity (Wildman–Crippen MR) is 55.6 cm³/mol. The van der Waals surface area contributed by atoms with Gasteiger partial charge in [0.25, 0.3) is 0 Å². The molecule has 0 saturated heterocycles. The lowest BCUT2D eigenvalue weighted by atomic mass is 10.0. The molecule has 12 heavy (non-hydrogen) atoms. The molecule has 0 aliphatic rings. The molecule has 0 nitrogen and oxygen atoms in total. The van der Waals surface area contributed by atoms with Crippen LogP contribution in [0, 0.1) is 0 Å².